The molecular weight excluding hydrogens is 1350 g/mol. The van der Waals surface area contributed by atoms with Crippen LogP contribution in [0.1, 0.15) is 231 Å². The van der Waals surface area contributed by atoms with Crippen molar-refractivity contribution in [1.82, 2.24) is 6.15 Å². The van der Waals surface area contributed by atoms with Gasteiger partial charge >= 0.3 is 0 Å². The van der Waals surface area contributed by atoms with Gasteiger partial charge < -0.3 is 157 Å². The topological polar surface area (TPSA) is 576 Å². The lowest BCUT2D eigenvalue weighted by atomic mass is 9.96. The van der Waals surface area contributed by atoms with Crippen molar-refractivity contribution in [2.24, 2.45) is 0 Å². The van der Waals surface area contributed by atoms with E-state index in [1.807, 2.05) is 138 Å². The summed E-state index contributed by atoms with van der Waals surface area (Å²) >= 11 is 0. The minimum absolute atomic E-state index is 0. The lowest BCUT2D eigenvalue weighted by molar-refractivity contribution is -0.224. The maximum Gasteiger partial charge on any atom is 0.111 e. The molecule has 0 spiro atoms. The highest BCUT2D eigenvalue weighted by Crippen LogP contribution is 2.25. The Labute approximate surface area is 622 Å². The smallest absolute Gasteiger partial charge is 0.111 e. The number of aliphatic hydroxyl groups excluding tert-OH is 24. The van der Waals surface area contributed by atoms with Crippen LogP contribution in [-0.2, 0) is 28.4 Å². The van der Waals surface area contributed by atoms with E-state index in [2.05, 4.69) is 13.8 Å². The summed E-state index contributed by atoms with van der Waals surface area (Å²) < 4.78 is 30.1. The summed E-state index contributed by atoms with van der Waals surface area (Å²) in [6.07, 6.45) is -28.4. The monoisotopic (exact) mass is 1530 g/mol. The second-order valence-corrected chi connectivity index (χ2v) is 18.9. The van der Waals surface area contributed by atoms with Crippen molar-refractivity contribution in [2.75, 3.05) is 39.6 Å². The summed E-state index contributed by atoms with van der Waals surface area (Å²) in [7, 11) is 0. The Morgan fingerprint density at radius 2 is 0.275 bits per heavy atom. The van der Waals surface area contributed by atoms with Gasteiger partial charge in [-0.15, -0.1) is 0 Å². The highest BCUT2D eigenvalue weighted by atomic mass is 19.0. The fraction of sp³-hybridized carbons (Fsp3) is 1.00. The number of halogens is 1. The zero-order valence-corrected chi connectivity index (χ0v) is 65.1. The fourth-order valence-corrected chi connectivity index (χ4v) is 7.72. The van der Waals surface area contributed by atoms with Gasteiger partial charge in [0.1, 0.15) is 146 Å². The molecule has 0 aromatic heterocycles. The normalized spacial score (nSPS) is 35.5. The van der Waals surface area contributed by atoms with Gasteiger partial charge in [-0.2, -0.15) is 0 Å². The van der Waals surface area contributed by atoms with Gasteiger partial charge in [-0.05, 0) is 41.5 Å². The molecule has 27 N–H and O–H groups in total. The molecule has 0 bridgehead atoms. The minimum Gasteiger partial charge on any atom is -0.394 e. The maximum absolute atomic E-state index is 9.23. The molecule has 6 aliphatic rings. The van der Waals surface area contributed by atoms with Crippen molar-refractivity contribution < 1.29 is 157 Å². The minimum atomic E-state index is -1.24. The van der Waals surface area contributed by atoms with E-state index in [0.717, 1.165) is 0 Å². The highest BCUT2D eigenvalue weighted by Gasteiger charge is 2.46. The third kappa shape index (κ3) is 55.2. The van der Waals surface area contributed by atoms with Crippen LogP contribution in [0.25, 0.3) is 0 Å². The van der Waals surface area contributed by atoms with Crippen molar-refractivity contribution in [3.05, 3.63) is 0 Å². The summed E-state index contributed by atoms with van der Waals surface area (Å²) in [4.78, 5) is 0. The Bertz CT molecular complexity index is 1210. The Hall–Kier alpha value is -1.25. The van der Waals surface area contributed by atoms with E-state index in [-0.39, 0.29) is 90.0 Å². The van der Waals surface area contributed by atoms with Crippen molar-refractivity contribution >= 4 is 8.41 Å². The van der Waals surface area contributed by atoms with Crippen LogP contribution in [0.5, 0.6) is 0 Å². The quantitative estimate of drug-likeness (QED) is 0.168. The first-order valence-corrected chi connectivity index (χ1v) is 34.7. The summed E-state index contributed by atoms with van der Waals surface area (Å²) in [6.45, 7) is 51.5. The average Bonchev–Trinajstić information content (AvgIpc) is 0.893. The number of hydrogen-bond acceptors (Lipinski definition) is 31. The van der Waals surface area contributed by atoms with Gasteiger partial charge in [0, 0.05) is 9.84 Å². The second kappa shape index (κ2) is 94.0. The largest absolute Gasteiger partial charge is 0.394 e. The van der Waals surface area contributed by atoms with Crippen LogP contribution in [0.15, 0.2) is 0 Å². The molecule has 0 aromatic rings. The zero-order chi connectivity index (χ0) is 78.5. The number of ether oxygens (including phenoxy) is 6. The molecule has 0 unspecified atom stereocenters. The standard InChI is InChI=1S/6C7H14O5.C3H8.10C2H6.4CH4.B.FH.H3N.H2/c6*1-3-5(9)7(11)6(10)4(2-8)12-3;1-3-2;10*1-2;;;;;;;;/h6*3-11H,2H2,1H3;3H2,1-2H3;10*1-2H3;4*1H4;;1H;1H3;1H/t6*3-,4-,5-,6-,7-;;;;;;;;;;;;;;;;;;;/m111111.................../s1/i;;;;;;;;;;;;;;;;;;;;;;;;1+1. The molecule has 33 heteroatoms. The van der Waals surface area contributed by atoms with Gasteiger partial charge in [0.05, 0.1) is 76.3 Å². The molecule has 30 atom stereocenters. The number of rotatable bonds is 6. The molecule has 0 amide bonds. The summed E-state index contributed by atoms with van der Waals surface area (Å²) in [5, 5.41) is 218. The van der Waals surface area contributed by atoms with Crippen molar-refractivity contribution in [2.45, 2.75) is 413 Å². The molecule has 0 aliphatic carbocycles. The first-order chi connectivity index (χ1) is 44.9. The Balaban J connectivity index is -0.0000000450. The van der Waals surface area contributed by atoms with Crippen LogP contribution in [-0.4, -0.2) is 354 Å². The maximum atomic E-state index is 9.23. The van der Waals surface area contributed by atoms with E-state index in [9.17, 15) is 91.9 Å². The fourth-order valence-electron chi connectivity index (χ4n) is 7.72. The molecule has 3 radical (unpaired) electrons. The van der Waals surface area contributed by atoms with Crippen LogP contribution >= 0.6 is 0 Å². The molecule has 6 heterocycles. The van der Waals surface area contributed by atoms with Crippen LogP contribution < -0.4 is 6.15 Å². The van der Waals surface area contributed by atoms with E-state index in [1.54, 1.807) is 41.5 Å². The predicted molar refractivity (Wildman–Crippen MR) is 408 cm³/mol. The average molecular weight is 1530 g/mol. The second-order valence-electron chi connectivity index (χ2n) is 18.9. The SMILES string of the molecule is C.C.C.C.CC.CC.CC.CC.CC.CC.CC.CC.CC.CC.CCC.C[C@H]1O[C@H](CO)[C@@H](O)[C@H](O)[C@@H]1O.C[C@H]1O[C@H](CO)[C@@H](O)[C@H](O)[C@@H]1O.C[C@H]1O[C@H](CO)[C@@H](O)[C@H](O)[C@@H]1O.C[C@H]1O[C@H](CO)[C@@H](O)[C@H](O)[C@@H]1O.C[C@H]1O[C@H](CO)[C@@H](O)[C@H](O)[C@@H]1O.C[C@H]1O[C@H](CO)[C@@H](O)[C@H](O)[C@@H]1O.F.N.[2HH].[B]. The summed E-state index contributed by atoms with van der Waals surface area (Å²) in [5.41, 5.74) is 0. The van der Waals surface area contributed by atoms with Crippen molar-refractivity contribution in [1.29, 1.82) is 0 Å². The van der Waals surface area contributed by atoms with Crippen molar-refractivity contribution in [3.63, 3.8) is 0 Å². The van der Waals surface area contributed by atoms with Crippen LogP contribution in [0.2, 0.25) is 0 Å². The predicted octanol–water partition coefficient (Wildman–Crippen LogP) is 1.49. The molecule has 102 heavy (non-hydrogen) atoms. The van der Waals surface area contributed by atoms with Crippen LogP contribution in [0, 0.1) is 0 Å². The van der Waals surface area contributed by atoms with Crippen LogP contribution in [0.3, 0.4) is 0 Å². The van der Waals surface area contributed by atoms with E-state index >= 15 is 0 Å². The molecule has 6 rings (SSSR count). The zero-order valence-electron chi connectivity index (χ0n) is 65.1. The highest BCUT2D eigenvalue weighted by molar-refractivity contribution is 5.75. The molecule has 0 saturated carbocycles. The number of hydrogen-bond donors (Lipinski definition) is 25. The van der Waals surface area contributed by atoms with Gasteiger partial charge in [-0.3, -0.25) is 4.70 Å². The Morgan fingerprint density at radius 3 is 0.333 bits per heavy atom. The Morgan fingerprint density at radius 1 is 0.206 bits per heavy atom. The van der Waals surface area contributed by atoms with Gasteiger partial charge in [0.2, 0.25) is 0 Å². The summed E-state index contributed by atoms with van der Waals surface area (Å²) in [6, 6.07) is 0. The van der Waals surface area contributed by atoms with Gasteiger partial charge in [-0.1, -0.05) is 188 Å². The van der Waals surface area contributed by atoms with Gasteiger partial charge in [0.15, 0.2) is 0 Å². The lowest BCUT2D eigenvalue weighted by Crippen LogP contribution is -2.57. The third-order valence-corrected chi connectivity index (χ3v) is 12.8. The van der Waals surface area contributed by atoms with Crippen LogP contribution in [0.4, 0.5) is 4.70 Å². The molecule has 6 saturated heterocycles. The van der Waals surface area contributed by atoms with Crippen molar-refractivity contribution in [3.8, 4) is 0 Å². The molecule has 645 valence electrons. The molecular formula is C69H174BFNO30. The first kappa shape index (κ1) is 146. The van der Waals surface area contributed by atoms with Gasteiger partial charge in [0.25, 0.3) is 0 Å². The van der Waals surface area contributed by atoms with E-state index in [4.69, 9.17) is 59.1 Å². The molecule has 6 fully saturated rings. The van der Waals surface area contributed by atoms with E-state index < -0.39 is 183 Å². The summed E-state index contributed by atoms with van der Waals surface area (Å²) in [5.74, 6) is 0. The number of aliphatic hydroxyl groups is 24. The third-order valence-electron chi connectivity index (χ3n) is 12.8. The molecule has 0 aromatic carbocycles. The van der Waals surface area contributed by atoms with Gasteiger partial charge in [-0.25, -0.2) is 0 Å². The first-order valence-electron chi connectivity index (χ1n) is 34.7. The molecule has 6 aliphatic heterocycles. The molecule has 31 nitrogen and oxygen atoms in total. The Kier molecular flexibility index (Phi) is 135. The van der Waals surface area contributed by atoms with E-state index in [0.29, 0.717) is 0 Å². The van der Waals surface area contributed by atoms with E-state index in [1.165, 1.54) is 6.42 Å². The lowest BCUT2D eigenvalue weighted by Gasteiger charge is -2.38.